The lowest BCUT2D eigenvalue weighted by Crippen LogP contribution is -2.57. The van der Waals surface area contributed by atoms with E-state index in [1.54, 1.807) is 30.7 Å². The number of pyridine rings is 1. The molecule has 9 nitrogen and oxygen atoms in total. The Morgan fingerprint density at radius 2 is 1.95 bits per heavy atom. The average molecular weight is 607 g/mol. The minimum absolute atomic E-state index is 0.0867. The predicted molar refractivity (Wildman–Crippen MR) is 177 cm³/mol. The van der Waals surface area contributed by atoms with E-state index in [1.807, 2.05) is 71.6 Å². The van der Waals surface area contributed by atoms with Crippen LogP contribution in [0.2, 0.25) is 0 Å². The van der Waals surface area contributed by atoms with Crippen molar-refractivity contribution < 1.29 is 14.3 Å². The van der Waals surface area contributed by atoms with E-state index in [-0.39, 0.29) is 17.9 Å². The zero-order valence-corrected chi connectivity index (χ0v) is 25.5. The number of carbonyl (C=O) groups excluding carboxylic acids is 2. The van der Waals surface area contributed by atoms with Crippen LogP contribution in [0.4, 0.5) is 11.5 Å². The number of hydrogen-bond donors (Lipinski definition) is 3. The molecule has 224 valence electrons. The third-order valence-corrected chi connectivity index (χ3v) is 10.0. The first-order valence-electron chi connectivity index (χ1n) is 14.8. The van der Waals surface area contributed by atoms with E-state index in [2.05, 4.69) is 20.5 Å². The van der Waals surface area contributed by atoms with Crippen molar-refractivity contribution in [1.82, 2.24) is 19.8 Å². The van der Waals surface area contributed by atoms with Crippen molar-refractivity contribution in [3.63, 3.8) is 0 Å². The average Bonchev–Trinajstić information content (AvgIpc) is 3.64. The number of ether oxygens (including phenoxy) is 1. The minimum atomic E-state index is -0.224. The van der Waals surface area contributed by atoms with Crippen molar-refractivity contribution in [3.05, 3.63) is 77.4 Å². The topological polar surface area (TPSA) is 115 Å². The van der Waals surface area contributed by atoms with Crippen LogP contribution in [0, 0.1) is 5.92 Å². The summed E-state index contributed by atoms with van der Waals surface area (Å²) in [5, 5.41) is 10.1. The van der Waals surface area contributed by atoms with Gasteiger partial charge in [0.05, 0.1) is 12.8 Å². The van der Waals surface area contributed by atoms with E-state index in [1.165, 1.54) is 0 Å². The molecule has 4 N–H and O–H groups in total. The lowest BCUT2D eigenvalue weighted by Gasteiger charge is -2.44. The monoisotopic (exact) mass is 606 g/mol. The first kappa shape index (κ1) is 28.1. The Kier molecular flexibility index (Phi) is 7.31. The number of nitrogen functional groups attached to an aromatic ring is 1. The highest BCUT2D eigenvalue weighted by Gasteiger charge is 2.34. The van der Waals surface area contributed by atoms with E-state index in [0.717, 1.165) is 70.2 Å². The van der Waals surface area contributed by atoms with Gasteiger partial charge in [0, 0.05) is 64.0 Å². The first-order valence-corrected chi connectivity index (χ1v) is 15.7. The summed E-state index contributed by atoms with van der Waals surface area (Å²) in [6, 6.07) is 15.6. The van der Waals surface area contributed by atoms with Crippen LogP contribution in [0.5, 0.6) is 5.75 Å². The maximum absolute atomic E-state index is 13.3. The van der Waals surface area contributed by atoms with Crippen LogP contribution < -0.4 is 21.1 Å². The summed E-state index contributed by atoms with van der Waals surface area (Å²) in [6.07, 6.45) is 7.43. The fraction of sp³-hybridized carbons (Fsp3) is 0.265. The number of amides is 2. The number of anilines is 2. The van der Waals surface area contributed by atoms with Gasteiger partial charge >= 0.3 is 0 Å². The number of carbonyl (C=O) groups is 2. The lowest BCUT2D eigenvalue weighted by molar-refractivity contribution is -0.118. The maximum atomic E-state index is 13.3. The summed E-state index contributed by atoms with van der Waals surface area (Å²) >= 11 is 1.55. The van der Waals surface area contributed by atoms with Crippen LogP contribution in [0.3, 0.4) is 0 Å². The highest BCUT2D eigenvalue weighted by Crippen LogP contribution is 2.41. The smallest absolute Gasteiger partial charge is 0.272 e. The molecule has 1 unspecified atom stereocenters. The zero-order chi connectivity index (χ0) is 30.4. The maximum Gasteiger partial charge on any atom is 0.272 e. The number of para-hydroxylation sites is 1. The van der Waals surface area contributed by atoms with Gasteiger partial charge in [-0.15, -0.1) is 11.3 Å². The summed E-state index contributed by atoms with van der Waals surface area (Å²) in [5.74, 6) is 1.20. The number of nitrogens with one attached hydrogen (secondary N) is 2. The van der Waals surface area contributed by atoms with Crippen LogP contribution in [0.25, 0.3) is 38.2 Å². The number of nitrogens with two attached hydrogens (primary N) is 1. The molecule has 3 aliphatic heterocycles. The van der Waals surface area contributed by atoms with Crippen LogP contribution in [0.15, 0.2) is 66.2 Å². The van der Waals surface area contributed by atoms with E-state index in [9.17, 15) is 9.59 Å². The van der Waals surface area contributed by atoms with Gasteiger partial charge < -0.3 is 30.6 Å². The number of benzene rings is 2. The molecule has 8 rings (SSSR count). The molecule has 1 atom stereocenters. The molecule has 0 saturated carbocycles. The quantitative estimate of drug-likeness (QED) is 0.210. The number of piperidine rings is 3. The molecule has 0 aliphatic carbocycles. The number of methoxy groups -OCH3 is 1. The molecule has 2 bridgehead atoms. The van der Waals surface area contributed by atoms with Gasteiger partial charge in [-0.3, -0.25) is 9.59 Å². The lowest BCUT2D eigenvalue weighted by atomic mass is 9.84. The van der Waals surface area contributed by atoms with Crippen molar-refractivity contribution in [2.24, 2.45) is 13.0 Å². The van der Waals surface area contributed by atoms with Gasteiger partial charge in [-0.1, -0.05) is 24.3 Å². The summed E-state index contributed by atoms with van der Waals surface area (Å²) in [6.45, 7) is 3.20. The Morgan fingerprint density at radius 3 is 2.70 bits per heavy atom. The normalized spacial score (nSPS) is 19.5. The molecule has 3 fully saturated rings. The van der Waals surface area contributed by atoms with E-state index >= 15 is 0 Å². The SMILES string of the molecule is COc1cc(-c2csc3c(C=CC(=O)NC4CN5CCC4CC5)cnc(N)c23)ccc1NC(=O)c1cc2ccccc2n1C. The second-order valence-corrected chi connectivity index (χ2v) is 12.4. The molecule has 0 spiro atoms. The fourth-order valence-electron chi connectivity index (χ4n) is 6.60. The summed E-state index contributed by atoms with van der Waals surface area (Å²) in [5.41, 5.74) is 11.1. The zero-order valence-electron chi connectivity index (χ0n) is 24.7. The molecular formula is C34H34N6O3S. The van der Waals surface area contributed by atoms with Crippen molar-refractivity contribution in [3.8, 4) is 16.9 Å². The third-order valence-electron chi connectivity index (χ3n) is 9.00. The highest BCUT2D eigenvalue weighted by atomic mass is 32.1. The standard InChI is InChI=1S/C34H34N6O3S/c1-39-27-6-4-3-5-22(27)15-28(39)34(42)38-25-9-7-21(16-29(25)43-2)24-19-44-32-23(17-36-33(35)31(24)32)8-10-30(41)37-26-18-40-13-11-20(26)12-14-40/h3-10,15-17,19-20,26H,11-14,18H2,1-2H3,(H2,35,36)(H,37,41)(H,38,42). The molecular weight excluding hydrogens is 572 g/mol. The van der Waals surface area contributed by atoms with Crippen LogP contribution in [-0.2, 0) is 11.8 Å². The minimum Gasteiger partial charge on any atom is -0.495 e. The van der Waals surface area contributed by atoms with Gasteiger partial charge in [-0.05, 0) is 73.1 Å². The Labute approximate surface area is 259 Å². The molecule has 3 aliphatic rings. The number of thiophene rings is 1. The number of fused-ring (bicyclic) bond motifs is 5. The van der Waals surface area contributed by atoms with Crippen LogP contribution in [-0.4, -0.2) is 59.1 Å². The summed E-state index contributed by atoms with van der Waals surface area (Å²) in [7, 11) is 3.46. The fourth-order valence-corrected chi connectivity index (χ4v) is 7.68. The summed E-state index contributed by atoms with van der Waals surface area (Å²) < 4.78 is 8.53. The van der Waals surface area contributed by atoms with Gasteiger partial charge in [0.2, 0.25) is 5.91 Å². The summed E-state index contributed by atoms with van der Waals surface area (Å²) in [4.78, 5) is 33.0. The Morgan fingerprint density at radius 1 is 1.14 bits per heavy atom. The van der Waals surface area contributed by atoms with Crippen molar-refractivity contribution in [1.29, 1.82) is 0 Å². The second kappa shape index (κ2) is 11.4. The predicted octanol–water partition coefficient (Wildman–Crippen LogP) is 5.52. The molecule has 2 aromatic carbocycles. The van der Waals surface area contributed by atoms with Crippen molar-refractivity contribution in [2.75, 3.05) is 37.8 Å². The Hall–Kier alpha value is -4.67. The largest absolute Gasteiger partial charge is 0.495 e. The molecule has 44 heavy (non-hydrogen) atoms. The molecule has 3 saturated heterocycles. The first-order chi connectivity index (χ1) is 21.4. The molecule has 10 heteroatoms. The molecule has 2 amide bonds. The molecule has 3 aromatic heterocycles. The van der Waals surface area contributed by atoms with Gasteiger partial charge in [0.15, 0.2) is 0 Å². The number of rotatable bonds is 7. The van der Waals surface area contributed by atoms with E-state index in [0.29, 0.717) is 28.9 Å². The molecule has 5 aromatic rings. The Balaban J connectivity index is 1.13. The van der Waals surface area contributed by atoms with E-state index in [4.69, 9.17) is 10.5 Å². The molecule has 0 radical (unpaired) electrons. The highest BCUT2D eigenvalue weighted by molar-refractivity contribution is 7.18. The number of nitrogens with zero attached hydrogens (tertiary/aromatic N) is 3. The van der Waals surface area contributed by atoms with Gasteiger partial charge in [-0.2, -0.15) is 0 Å². The van der Waals surface area contributed by atoms with Crippen molar-refractivity contribution >= 4 is 61.7 Å². The number of aromatic nitrogens is 2. The van der Waals surface area contributed by atoms with Gasteiger partial charge in [0.25, 0.3) is 5.91 Å². The number of aryl methyl sites for hydroxylation is 1. The Bertz CT molecular complexity index is 1930. The molecule has 6 heterocycles. The van der Waals surface area contributed by atoms with E-state index < -0.39 is 0 Å². The van der Waals surface area contributed by atoms with Gasteiger partial charge in [-0.25, -0.2) is 4.98 Å². The van der Waals surface area contributed by atoms with Crippen molar-refractivity contribution in [2.45, 2.75) is 18.9 Å². The van der Waals surface area contributed by atoms with Crippen LogP contribution >= 0.6 is 11.3 Å². The third kappa shape index (κ3) is 5.10. The van der Waals surface area contributed by atoms with Gasteiger partial charge in [0.1, 0.15) is 17.3 Å². The second-order valence-electron chi connectivity index (χ2n) is 11.6. The number of hydrogen-bond acceptors (Lipinski definition) is 7. The van der Waals surface area contributed by atoms with Crippen LogP contribution in [0.1, 0.15) is 28.9 Å².